The van der Waals surface area contributed by atoms with Gasteiger partial charge in [0.2, 0.25) is 0 Å². The lowest BCUT2D eigenvalue weighted by Gasteiger charge is -2.35. The van der Waals surface area contributed by atoms with Crippen LogP contribution in [0.1, 0.15) is 32.0 Å². The Morgan fingerprint density at radius 3 is 2.09 bits per heavy atom. The second-order valence-electron chi connectivity index (χ2n) is 7.98. The van der Waals surface area contributed by atoms with Crippen molar-refractivity contribution in [1.82, 2.24) is 14.8 Å². The fourth-order valence-corrected chi connectivity index (χ4v) is 4.08. The molecule has 166 valence electrons. The molecule has 3 aromatic rings. The molecule has 1 fully saturated rings. The number of carbonyl (C=O) groups excluding carboxylic acids is 2. The average molecular weight is 434 g/mol. The minimum atomic E-state index is -0.113. The molecule has 0 atom stereocenters. The first-order valence-corrected chi connectivity index (χ1v) is 10.6. The van der Waals surface area contributed by atoms with Crippen molar-refractivity contribution >= 4 is 22.7 Å². The van der Waals surface area contributed by atoms with Crippen molar-refractivity contribution in [3.8, 4) is 11.5 Å². The van der Waals surface area contributed by atoms with E-state index in [0.717, 1.165) is 22.2 Å². The van der Waals surface area contributed by atoms with Crippen LogP contribution in [0.4, 0.5) is 0 Å². The van der Waals surface area contributed by atoms with Crippen LogP contribution < -0.4 is 9.47 Å². The Bertz CT molecular complexity index is 1180. The Labute approximate surface area is 187 Å². The van der Waals surface area contributed by atoms with E-state index in [4.69, 9.17) is 9.47 Å². The molecule has 2 aromatic carbocycles. The van der Waals surface area contributed by atoms with Crippen LogP contribution in [-0.2, 0) is 0 Å². The fourth-order valence-electron chi connectivity index (χ4n) is 4.08. The van der Waals surface area contributed by atoms with Crippen molar-refractivity contribution in [2.45, 2.75) is 13.8 Å². The Kier molecular flexibility index (Phi) is 5.99. The number of benzene rings is 2. The van der Waals surface area contributed by atoms with E-state index in [2.05, 4.69) is 4.98 Å². The molecule has 2 heterocycles. The summed E-state index contributed by atoms with van der Waals surface area (Å²) in [5, 5.41) is 0.863. The first-order valence-electron chi connectivity index (χ1n) is 10.6. The summed E-state index contributed by atoms with van der Waals surface area (Å²) in [5.74, 6) is 0.962. The SMILES string of the molecule is COc1ccc(C(=O)N2CCN(C(=O)c3cc(C)nc4ccc(C)cc34)CC2)c(OC)c1. The number of ether oxygens (including phenoxy) is 2. The predicted octanol–water partition coefficient (Wildman–Crippen LogP) is 3.47. The van der Waals surface area contributed by atoms with E-state index < -0.39 is 0 Å². The number of pyridine rings is 1. The fraction of sp³-hybridized carbons (Fsp3) is 0.320. The number of rotatable bonds is 4. The Hall–Kier alpha value is -3.61. The van der Waals surface area contributed by atoms with E-state index in [1.807, 2.05) is 43.0 Å². The molecule has 7 heteroatoms. The van der Waals surface area contributed by atoms with Crippen LogP contribution in [0, 0.1) is 13.8 Å². The maximum absolute atomic E-state index is 13.4. The van der Waals surface area contributed by atoms with Crippen LogP contribution in [0.25, 0.3) is 10.9 Å². The summed E-state index contributed by atoms with van der Waals surface area (Å²) in [6.45, 7) is 5.76. The average Bonchev–Trinajstić information content (AvgIpc) is 2.82. The highest BCUT2D eigenvalue weighted by Crippen LogP contribution is 2.27. The number of piperazine rings is 1. The van der Waals surface area contributed by atoms with Crippen molar-refractivity contribution in [2.75, 3.05) is 40.4 Å². The van der Waals surface area contributed by atoms with Gasteiger partial charge in [-0.3, -0.25) is 14.6 Å². The van der Waals surface area contributed by atoms with E-state index in [0.29, 0.717) is 48.8 Å². The van der Waals surface area contributed by atoms with E-state index >= 15 is 0 Å². The van der Waals surface area contributed by atoms with Crippen molar-refractivity contribution in [1.29, 1.82) is 0 Å². The van der Waals surface area contributed by atoms with Gasteiger partial charge in [-0.15, -0.1) is 0 Å². The van der Waals surface area contributed by atoms with Gasteiger partial charge in [0.05, 0.1) is 30.9 Å². The minimum Gasteiger partial charge on any atom is -0.497 e. The van der Waals surface area contributed by atoms with Crippen LogP contribution in [0.2, 0.25) is 0 Å². The van der Waals surface area contributed by atoms with Crippen LogP contribution in [0.5, 0.6) is 11.5 Å². The molecule has 0 N–H and O–H groups in total. The number of aromatic nitrogens is 1. The summed E-state index contributed by atoms with van der Waals surface area (Å²) in [5.41, 5.74) is 3.86. The largest absolute Gasteiger partial charge is 0.497 e. The third kappa shape index (κ3) is 4.10. The lowest BCUT2D eigenvalue weighted by Crippen LogP contribution is -2.50. The summed E-state index contributed by atoms with van der Waals surface area (Å²) in [6.07, 6.45) is 0. The highest BCUT2D eigenvalue weighted by atomic mass is 16.5. The number of aryl methyl sites for hydroxylation is 2. The van der Waals surface area contributed by atoms with Crippen molar-refractivity contribution in [3.05, 3.63) is 64.8 Å². The Balaban J connectivity index is 1.51. The summed E-state index contributed by atoms with van der Waals surface area (Å²) < 4.78 is 10.6. The first kappa shape index (κ1) is 21.6. The molecule has 0 aliphatic carbocycles. The molecule has 1 aromatic heterocycles. The van der Waals surface area contributed by atoms with E-state index in [1.165, 1.54) is 7.11 Å². The topological polar surface area (TPSA) is 72.0 Å². The maximum atomic E-state index is 13.4. The van der Waals surface area contributed by atoms with Gasteiger partial charge in [0.15, 0.2) is 0 Å². The molecule has 0 unspecified atom stereocenters. The molecule has 32 heavy (non-hydrogen) atoms. The van der Waals surface area contributed by atoms with E-state index in [-0.39, 0.29) is 11.8 Å². The molecule has 1 aliphatic heterocycles. The number of methoxy groups -OCH3 is 2. The molecule has 1 saturated heterocycles. The maximum Gasteiger partial charge on any atom is 0.257 e. The summed E-state index contributed by atoms with van der Waals surface area (Å²) in [4.78, 5) is 34.6. The lowest BCUT2D eigenvalue weighted by atomic mass is 10.0. The summed E-state index contributed by atoms with van der Waals surface area (Å²) >= 11 is 0. The van der Waals surface area contributed by atoms with Crippen molar-refractivity contribution in [3.63, 3.8) is 0 Å². The van der Waals surface area contributed by atoms with E-state index in [1.54, 1.807) is 30.2 Å². The zero-order chi connectivity index (χ0) is 22.8. The first-order chi connectivity index (χ1) is 15.4. The second kappa shape index (κ2) is 8.86. The third-order valence-corrected chi connectivity index (χ3v) is 5.82. The molecule has 1 aliphatic rings. The molecule has 0 spiro atoms. The predicted molar refractivity (Wildman–Crippen MR) is 123 cm³/mol. The van der Waals surface area contributed by atoms with Gasteiger partial charge in [-0.25, -0.2) is 0 Å². The molecular formula is C25H27N3O4. The normalized spacial score (nSPS) is 13.9. The molecule has 2 amide bonds. The molecule has 0 radical (unpaired) electrons. The molecule has 7 nitrogen and oxygen atoms in total. The smallest absolute Gasteiger partial charge is 0.257 e. The van der Waals surface area contributed by atoms with Crippen LogP contribution in [0.3, 0.4) is 0 Å². The van der Waals surface area contributed by atoms with Gasteiger partial charge in [0.1, 0.15) is 11.5 Å². The van der Waals surface area contributed by atoms with Gasteiger partial charge in [0.25, 0.3) is 11.8 Å². The van der Waals surface area contributed by atoms with Gasteiger partial charge < -0.3 is 19.3 Å². The standard InChI is InChI=1S/C25H27N3O4/c1-16-5-8-22-20(13-16)21(14-17(2)26-22)25(30)28-11-9-27(10-12-28)24(29)19-7-6-18(31-3)15-23(19)32-4/h5-8,13-15H,9-12H2,1-4H3. The Morgan fingerprint density at radius 1 is 0.812 bits per heavy atom. The van der Waals surface area contributed by atoms with Crippen LogP contribution in [0.15, 0.2) is 42.5 Å². The zero-order valence-corrected chi connectivity index (χ0v) is 18.8. The number of nitrogens with zero attached hydrogens (tertiary/aromatic N) is 3. The Morgan fingerprint density at radius 2 is 1.47 bits per heavy atom. The quantitative estimate of drug-likeness (QED) is 0.630. The molecule has 0 saturated carbocycles. The monoisotopic (exact) mass is 433 g/mol. The highest BCUT2D eigenvalue weighted by molar-refractivity contribution is 6.06. The molecule has 0 bridgehead atoms. The number of fused-ring (bicyclic) bond motifs is 1. The number of carbonyl (C=O) groups is 2. The summed E-state index contributed by atoms with van der Waals surface area (Å²) in [7, 11) is 3.10. The van der Waals surface area contributed by atoms with Crippen molar-refractivity contribution in [2.24, 2.45) is 0 Å². The number of hydrogen-bond donors (Lipinski definition) is 0. The lowest BCUT2D eigenvalue weighted by molar-refractivity contribution is 0.0534. The van der Waals surface area contributed by atoms with Gasteiger partial charge in [-0.05, 0) is 44.2 Å². The van der Waals surface area contributed by atoms with E-state index in [9.17, 15) is 9.59 Å². The van der Waals surface area contributed by atoms with Gasteiger partial charge in [-0.2, -0.15) is 0 Å². The summed E-state index contributed by atoms with van der Waals surface area (Å²) in [6, 6.07) is 13.0. The third-order valence-electron chi connectivity index (χ3n) is 5.82. The highest BCUT2D eigenvalue weighted by Gasteiger charge is 2.28. The van der Waals surface area contributed by atoms with Gasteiger partial charge >= 0.3 is 0 Å². The minimum absolute atomic E-state index is 0.0276. The van der Waals surface area contributed by atoms with Gasteiger partial charge in [0, 0.05) is 43.3 Å². The van der Waals surface area contributed by atoms with Crippen LogP contribution >= 0.6 is 0 Å². The number of hydrogen-bond acceptors (Lipinski definition) is 5. The molecular weight excluding hydrogens is 406 g/mol. The number of amides is 2. The molecule has 4 rings (SSSR count). The van der Waals surface area contributed by atoms with Gasteiger partial charge in [-0.1, -0.05) is 11.6 Å². The van der Waals surface area contributed by atoms with Crippen molar-refractivity contribution < 1.29 is 19.1 Å². The van der Waals surface area contributed by atoms with Crippen LogP contribution in [-0.4, -0.2) is 67.0 Å². The second-order valence-corrected chi connectivity index (χ2v) is 7.98. The zero-order valence-electron chi connectivity index (χ0n) is 18.8.